The molecule has 100 valence electrons. The number of hydrogen-bond acceptors (Lipinski definition) is 4. The molecule has 18 heavy (non-hydrogen) atoms. The van der Waals surface area contributed by atoms with Crippen LogP contribution in [0.1, 0.15) is 23.3 Å². The molecular weight excluding hydrogens is 230 g/mol. The van der Waals surface area contributed by atoms with Crippen LogP contribution in [-0.4, -0.2) is 53.1 Å². The van der Waals surface area contributed by atoms with E-state index in [0.29, 0.717) is 25.3 Å². The molecule has 6 nitrogen and oxygen atoms in total. The van der Waals surface area contributed by atoms with E-state index in [0.717, 1.165) is 19.6 Å². The zero-order valence-electron chi connectivity index (χ0n) is 10.6. The first kappa shape index (κ1) is 13.0. The fraction of sp³-hybridized carbons (Fsp3) is 0.667. The van der Waals surface area contributed by atoms with E-state index < -0.39 is 0 Å². The minimum Gasteiger partial charge on any atom is -0.349 e. The van der Waals surface area contributed by atoms with Crippen LogP contribution >= 0.6 is 0 Å². The van der Waals surface area contributed by atoms with Gasteiger partial charge < -0.3 is 20.5 Å². The number of amides is 1. The van der Waals surface area contributed by atoms with E-state index in [1.54, 1.807) is 12.5 Å². The third kappa shape index (κ3) is 3.54. The van der Waals surface area contributed by atoms with E-state index in [-0.39, 0.29) is 5.91 Å². The molecule has 6 heteroatoms. The summed E-state index contributed by atoms with van der Waals surface area (Å²) in [5, 5.41) is 2.89. The Bertz CT molecular complexity index is 384. The molecule has 0 aromatic carbocycles. The molecule has 1 saturated heterocycles. The first-order valence-electron chi connectivity index (χ1n) is 6.52. The Labute approximate surface area is 107 Å². The number of carbonyl (C=O) groups is 1. The second-order valence-corrected chi connectivity index (χ2v) is 4.59. The summed E-state index contributed by atoms with van der Waals surface area (Å²) >= 11 is 0. The Morgan fingerprint density at radius 3 is 2.89 bits per heavy atom. The smallest absolute Gasteiger partial charge is 0.271 e. The van der Waals surface area contributed by atoms with Crippen molar-refractivity contribution < 1.29 is 4.79 Å². The monoisotopic (exact) mass is 251 g/mol. The van der Waals surface area contributed by atoms with Crippen LogP contribution < -0.4 is 11.1 Å². The summed E-state index contributed by atoms with van der Waals surface area (Å²) in [6, 6.07) is 0. The van der Waals surface area contributed by atoms with Crippen molar-refractivity contribution >= 4 is 5.91 Å². The molecule has 0 radical (unpaired) electrons. The number of likely N-dealkylation sites (tertiary alicyclic amines) is 1. The lowest BCUT2D eigenvalue weighted by molar-refractivity contribution is 0.0945. The van der Waals surface area contributed by atoms with Crippen molar-refractivity contribution in [3.63, 3.8) is 0 Å². The Hall–Kier alpha value is -1.40. The minimum atomic E-state index is -0.107. The Kier molecular flexibility index (Phi) is 4.72. The van der Waals surface area contributed by atoms with Crippen LogP contribution in [0.5, 0.6) is 0 Å². The lowest BCUT2D eigenvalue weighted by Crippen LogP contribution is -2.33. The van der Waals surface area contributed by atoms with Crippen LogP contribution in [0.3, 0.4) is 0 Å². The van der Waals surface area contributed by atoms with Gasteiger partial charge in [-0.15, -0.1) is 0 Å². The first-order chi connectivity index (χ1) is 8.79. The van der Waals surface area contributed by atoms with E-state index in [1.807, 2.05) is 4.57 Å². The Morgan fingerprint density at radius 2 is 2.17 bits per heavy atom. The molecule has 0 bridgehead atoms. The van der Waals surface area contributed by atoms with E-state index in [1.165, 1.54) is 12.8 Å². The van der Waals surface area contributed by atoms with Gasteiger partial charge in [0.1, 0.15) is 5.69 Å². The maximum atomic E-state index is 11.8. The van der Waals surface area contributed by atoms with Crippen LogP contribution in [-0.2, 0) is 6.54 Å². The molecule has 1 aromatic heterocycles. The van der Waals surface area contributed by atoms with Crippen molar-refractivity contribution in [2.24, 2.45) is 5.73 Å². The lowest BCUT2D eigenvalue weighted by Gasteiger charge is -2.14. The zero-order valence-corrected chi connectivity index (χ0v) is 10.6. The molecular formula is C12H21N5O. The summed E-state index contributed by atoms with van der Waals surface area (Å²) in [6.45, 7) is 5.15. The minimum absolute atomic E-state index is 0.107. The van der Waals surface area contributed by atoms with Gasteiger partial charge in [0.15, 0.2) is 0 Å². The predicted octanol–water partition coefficient (Wildman–Crippen LogP) is -0.333. The fourth-order valence-corrected chi connectivity index (χ4v) is 2.17. The van der Waals surface area contributed by atoms with Gasteiger partial charge in [0.05, 0.1) is 6.33 Å². The van der Waals surface area contributed by atoms with Crippen LogP contribution in [0.15, 0.2) is 12.5 Å². The number of hydrogen-bond donors (Lipinski definition) is 2. The molecule has 0 unspecified atom stereocenters. The molecule has 1 amide bonds. The topological polar surface area (TPSA) is 76.2 Å². The molecule has 0 spiro atoms. The average molecular weight is 251 g/mol. The summed E-state index contributed by atoms with van der Waals surface area (Å²) in [7, 11) is 0. The number of rotatable bonds is 6. The quantitative estimate of drug-likeness (QED) is 0.725. The molecule has 2 heterocycles. The van der Waals surface area contributed by atoms with Crippen molar-refractivity contribution in [1.82, 2.24) is 19.8 Å². The standard InChI is InChI=1S/C12H21N5O/c13-3-7-17-9-11(15-10-17)12(18)14-4-8-16-5-1-2-6-16/h9-10H,1-8,13H2,(H,14,18). The summed E-state index contributed by atoms with van der Waals surface area (Å²) < 4.78 is 1.83. The van der Waals surface area contributed by atoms with Crippen molar-refractivity contribution in [1.29, 1.82) is 0 Å². The third-order valence-electron chi connectivity index (χ3n) is 3.17. The normalized spacial score (nSPS) is 16.1. The van der Waals surface area contributed by atoms with Crippen molar-refractivity contribution in [2.45, 2.75) is 19.4 Å². The molecule has 1 aliphatic heterocycles. The maximum absolute atomic E-state index is 11.8. The predicted molar refractivity (Wildman–Crippen MR) is 69.3 cm³/mol. The van der Waals surface area contributed by atoms with Gasteiger partial charge in [-0.25, -0.2) is 4.98 Å². The van der Waals surface area contributed by atoms with Crippen LogP contribution in [0.2, 0.25) is 0 Å². The number of nitrogens with zero attached hydrogens (tertiary/aromatic N) is 3. The number of aromatic nitrogens is 2. The van der Waals surface area contributed by atoms with E-state index in [9.17, 15) is 4.79 Å². The van der Waals surface area contributed by atoms with Crippen molar-refractivity contribution in [3.8, 4) is 0 Å². The van der Waals surface area contributed by atoms with E-state index in [2.05, 4.69) is 15.2 Å². The van der Waals surface area contributed by atoms with Crippen molar-refractivity contribution in [3.05, 3.63) is 18.2 Å². The summed E-state index contributed by atoms with van der Waals surface area (Å²) in [5.41, 5.74) is 5.90. The highest BCUT2D eigenvalue weighted by Gasteiger charge is 2.12. The van der Waals surface area contributed by atoms with Crippen LogP contribution in [0, 0.1) is 0 Å². The second kappa shape index (κ2) is 6.51. The Balaban J connectivity index is 1.72. The zero-order chi connectivity index (χ0) is 12.8. The van der Waals surface area contributed by atoms with Gasteiger partial charge in [-0.05, 0) is 25.9 Å². The lowest BCUT2D eigenvalue weighted by atomic mass is 10.4. The van der Waals surface area contributed by atoms with E-state index >= 15 is 0 Å². The summed E-state index contributed by atoms with van der Waals surface area (Å²) in [5.74, 6) is -0.107. The highest BCUT2D eigenvalue weighted by Crippen LogP contribution is 2.05. The van der Waals surface area contributed by atoms with Gasteiger partial charge in [-0.3, -0.25) is 4.79 Å². The van der Waals surface area contributed by atoms with Gasteiger partial charge in [0, 0.05) is 32.4 Å². The number of imidazole rings is 1. The molecule has 2 rings (SSSR count). The van der Waals surface area contributed by atoms with E-state index in [4.69, 9.17) is 5.73 Å². The molecule has 1 fully saturated rings. The van der Waals surface area contributed by atoms with Gasteiger partial charge in [-0.1, -0.05) is 0 Å². The second-order valence-electron chi connectivity index (χ2n) is 4.59. The summed E-state index contributed by atoms with van der Waals surface area (Å²) in [6.07, 6.45) is 5.93. The third-order valence-corrected chi connectivity index (χ3v) is 3.17. The van der Waals surface area contributed by atoms with Gasteiger partial charge in [0.25, 0.3) is 5.91 Å². The first-order valence-corrected chi connectivity index (χ1v) is 6.52. The molecule has 1 aliphatic rings. The van der Waals surface area contributed by atoms with Gasteiger partial charge >= 0.3 is 0 Å². The molecule has 0 aliphatic carbocycles. The fourth-order valence-electron chi connectivity index (χ4n) is 2.17. The average Bonchev–Trinajstić information content (AvgIpc) is 3.00. The molecule has 1 aromatic rings. The van der Waals surface area contributed by atoms with Crippen LogP contribution in [0.25, 0.3) is 0 Å². The molecule has 0 saturated carbocycles. The molecule has 0 atom stereocenters. The van der Waals surface area contributed by atoms with Crippen molar-refractivity contribution in [2.75, 3.05) is 32.7 Å². The SMILES string of the molecule is NCCn1cnc(C(=O)NCCN2CCCC2)c1. The number of carbonyl (C=O) groups excluding carboxylic acids is 1. The van der Waals surface area contributed by atoms with Crippen LogP contribution in [0.4, 0.5) is 0 Å². The van der Waals surface area contributed by atoms with Gasteiger partial charge in [-0.2, -0.15) is 0 Å². The highest BCUT2D eigenvalue weighted by molar-refractivity contribution is 5.91. The maximum Gasteiger partial charge on any atom is 0.271 e. The highest BCUT2D eigenvalue weighted by atomic mass is 16.1. The number of nitrogens with two attached hydrogens (primary N) is 1. The van der Waals surface area contributed by atoms with Gasteiger partial charge in [0.2, 0.25) is 0 Å². The summed E-state index contributed by atoms with van der Waals surface area (Å²) in [4.78, 5) is 18.2. The largest absolute Gasteiger partial charge is 0.349 e. The molecule has 3 N–H and O–H groups in total. The Morgan fingerprint density at radius 1 is 1.39 bits per heavy atom. The number of nitrogens with one attached hydrogen (secondary N) is 1.